The molecule has 0 radical (unpaired) electrons. The Kier molecular flexibility index (Phi) is 2.52. The molecule has 0 aliphatic heterocycles. The first-order valence-corrected chi connectivity index (χ1v) is 6.02. The van der Waals surface area contributed by atoms with Gasteiger partial charge in [-0.25, -0.2) is 0 Å². The summed E-state index contributed by atoms with van der Waals surface area (Å²) in [6, 6.07) is 14.5. The molecule has 2 aromatic carbocycles. The van der Waals surface area contributed by atoms with Crippen LogP contribution in [-0.4, -0.2) is 10.9 Å². The summed E-state index contributed by atoms with van der Waals surface area (Å²) < 4.78 is 0. The van der Waals surface area contributed by atoms with Gasteiger partial charge in [0.25, 0.3) is 0 Å². The van der Waals surface area contributed by atoms with Crippen LogP contribution in [0.1, 0.15) is 12.0 Å². The Labute approximate surface area is 105 Å². The van der Waals surface area contributed by atoms with E-state index < -0.39 is 0 Å². The Bertz CT molecular complexity index is 728. The number of nitrogens with one attached hydrogen (secondary N) is 1. The normalized spacial score (nSPS) is 11.1. The van der Waals surface area contributed by atoms with Gasteiger partial charge in [0.15, 0.2) is 0 Å². The zero-order valence-corrected chi connectivity index (χ0v) is 9.94. The van der Waals surface area contributed by atoms with Gasteiger partial charge in [-0.1, -0.05) is 24.3 Å². The monoisotopic (exact) mass is 238 g/mol. The summed E-state index contributed by atoms with van der Waals surface area (Å²) in [5, 5.41) is 2.42. The first-order valence-electron chi connectivity index (χ1n) is 6.02. The predicted octanol–water partition coefficient (Wildman–Crippen LogP) is 2.74. The molecule has 0 saturated heterocycles. The minimum atomic E-state index is -0.256. The minimum Gasteiger partial charge on any atom is -0.370 e. The lowest BCUT2D eigenvalue weighted by atomic mass is 10.1. The van der Waals surface area contributed by atoms with Crippen LogP contribution in [0.3, 0.4) is 0 Å². The highest BCUT2D eigenvalue weighted by Crippen LogP contribution is 2.26. The molecule has 1 aromatic heterocycles. The van der Waals surface area contributed by atoms with Gasteiger partial charge in [0, 0.05) is 28.2 Å². The average molecular weight is 238 g/mol. The molecule has 3 N–H and O–H groups in total. The lowest BCUT2D eigenvalue weighted by molar-refractivity contribution is -0.117. The van der Waals surface area contributed by atoms with Crippen molar-refractivity contribution in [2.75, 3.05) is 0 Å². The fraction of sp³-hybridized carbons (Fsp3) is 0.133. The van der Waals surface area contributed by atoms with Crippen LogP contribution in [0.4, 0.5) is 0 Å². The number of carbonyl (C=O) groups is 1. The highest BCUT2D eigenvalue weighted by Gasteiger charge is 2.05. The lowest BCUT2D eigenvalue weighted by Crippen LogP contribution is -2.11. The summed E-state index contributed by atoms with van der Waals surface area (Å²) in [5.41, 5.74) is 8.59. The number of para-hydroxylation sites is 1. The maximum Gasteiger partial charge on any atom is 0.217 e. The minimum absolute atomic E-state index is 0.256. The molecule has 0 spiro atoms. The van der Waals surface area contributed by atoms with E-state index in [0.717, 1.165) is 16.6 Å². The molecule has 3 aromatic rings. The van der Waals surface area contributed by atoms with Crippen molar-refractivity contribution in [3.05, 3.63) is 48.0 Å². The number of fused-ring (bicyclic) bond motifs is 3. The summed E-state index contributed by atoms with van der Waals surface area (Å²) >= 11 is 0. The van der Waals surface area contributed by atoms with Crippen LogP contribution in [0.15, 0.2) is 42.5 Å². The van der Waals surface area contributed by atoms with E-state index in [1.54, 1.807) is 0 Å². The van der Waals surface area contributed by atoms with Gasteiger partial charge in [-0.3, -0.25) is 4.79 Å². The number of aryl methyl sites for hydroxylation is 1. The van der Waals surface area contributed by atoms with Gasteiger partial charge in [-0.05, 0) is 30.2 Å². The molecule has 0 aliphatic rings. The molecule has 3 rings (SSSR count). The number of aromatic nitrogens is 1. The third-order valence-electron chi connectivity index (χ3n) is 3.23. The fourth-order valence-electron chi connectivity index (χ4n) is 2.32. The van der Waals surface area contributed by atoms with E-state index in [4.69, 9.17) is 5.73 Å². The molecule has 1 amide bonds. The molecule has 1 heterocycles. The smallest absolute Gasteiger partial charge is 0.217 e. The zero-order chi connectivity index (χ0) is 12.5. The number of rotatable bonds is 3. The second-order valence-electron chi connectivity index (χ2n) is 4.52. The topological polar surface area (TPSA) is 58.9 Å². The second kappa shape index (κ2) is 4.18. The van der Waals surface area contributed by atoms with Crippen molar-refractivity contribution in [2.45, 2.75) is 12.8 Å². The maximum atomic E-state index is 10.8. The molecule has 0 atom stereocenters. The van der Waals surface area contributed by atoms with Gasteiger partial charge in [-0.2, -0.15) is 0 Å². The van der Waals surface area contributed by atoms with Gasteiger partial charge in [-0.15, -0.1) is 0 Å². The van der Waals surface area contributed by atoms with Crippen molar-refractivity contribution in [1.82, 2.24) is 4.98 Å². The highest BCUT2D eigenvalue weighted by molar-refractivity contribution is 6.07. The third-order valence-corrected chi connectivity index (χ3v) is 3.23. The summed E-state index contributed by atoms with van der Waals surface area (Å²) in [6.07, 6.45) is 1.10. The predicted molar refractivity (Wildman–Crippen MR) is 73.3 cm³/mol. The zero-order valence-electron chi connectivity index (χ0n) is 9.94. The fourth-order valence-corrected chi connectivity index (χ4v) is 2.32. The van der Waals surface area contributed by atoms with Crippen molar-refractivity contribution >= 4 is 27.7 Å². The van der Waals surface area contributed by atoms with Crippen molar-refractivity contribution in [3.63, 3.8) is 0 Å². The van der Waals surface area contributed by atoms with E-state index in [1.807, 2.05) is 18.2 Å². The average Bonchev–Trinajstić information content (AvgIpc) is 2.74. The first-order chi connectivity index (χ1) is 8.74. The number of hydrogen-bond acceptors (Lipinski definition) is 1. The Morgan fingerprint density at radius 2 is 1.83 bits per heavy atom. The molecule has 0 unspecified atom stereocenters. The molecule has 18 heavy (non-hydrogen) atoms. The number of aromatic amines is 1. The van der Waals surface area contributed by atoms with Crippen LogP contribution in [-0.2, 0) is 11.2 Å². The molecule has 3 nitrogen and oxygen atoms in total. The van der Waals surface area contributed by atoms with Crippen LogP contribution in [0.2, 0.25) is 0 Å². The number of hydrogen-bond donors (Lipinski definition) is 2. The van der Waals surface area contributed by atoms with Crippen LogP contribution < -0.4 is 5.73 Å². The van der Waals surface area contributed by atoms with Crippen LogP contribution in [0.25, 0.3) is 21.8 Å². The van der Waals surface area contributed by atoms with Crippen molar-refractivity contribution in [3.8, 4) is 0 Å². The molecule has 3 heteroatoms. The van der Waals surface area contributed by atoms with Gasteiger partial charge in [0.2, 0.25) is 5.91 Å². The molecular weight excluding hydrogens is 224 g/mol. The Balaban J connectivity index is 2.09. The van der Waals surface area contributed by atoms with E-state index in [0.29, 0.717) is 12.8 Å². The Morgan fingerprint density at radius 3 is 2.67 bits per heavy atom. The summed E-state index contributed by atoms with van der Waals surface area (Å²) in [6.45, 7) is 0. The SMILES string of the molecule is NC(=O)CCc1ccc2[nH]c3ccccc3c2c1. The quantitative estimate of drug-likeness (QED) is 0.724. The lowest BCUT2D eigenvalue weighted by Gasteiger charge is -1.99. The summed E-state index contributed by atoms with van der Waals surface area (Å²) in [4.78, 5) is 14.2. The molecule has 0 aliphatic carbocycles. The van der Waals surface area contributed by atoms with Crippen LogP contribution in [0.5, 0.6) is 0 Å². The summed E-state index contributed by atoms with van der Waals surface area (Å²) in [7, 11) is 0. The maximum absolute atomic E-state index is 10.8. The Hall–Kier alpha value is -2.29. The standard InChI is InChI=1S/C15H14N2O/c16-15(18)8-6-10-5-7-14-12(9-10)11-3-1-2-4-13(11)17-14/h1-5,7,9,17H,6,8H2,(H2,16,18). The molecule has 0 saturated carbocycles. The van der Waals surface area contributed by atoms with Crippen molar-refractivity contribution in [1.29, 1.82) is 0 Å². The number of benzene rings is 2. The Morgan fingerprint density at radius 1 is 1.06 bits per heavy atom. The van der Waals surface area contributed by atoms with E-state index in [1.165, 1.54) is 10.8 Å². The molecule has 0 bridgehead atoms. The number of carbonyl (C=O) groups excluding carboxylic acids is 1. The van der Waals surface area contributed by atoms with Crippen molar-refractivity contribution < 1.29 is 4.79 Å². The molecule has 90 valence electrons. The van der Waals surface area contributed by atoms with Gasteiger partial charge >= 0.3 is 0 Å². The van der Waals surface area contributed by atoms with E-state index in [-0.39, 0.29) is 5.91 Å². The van der Waals surface area contributed by atoms with Gasteiger partial charge < -0.3 is 10.7 Å². The number of primary amides is 1. The first kappa shape index (κ1) is 10.8. The van der Waals surface area contributed by atoms with E-state index >= 15 is 0 Å². The number of H-pyrrole nitrogens is 1. The molecular formula is C15H14N2O. The third kappa shape index (κ3) is 1.84. The molecule has 0 fully saturated rings. The van der Waals surface area contributed by atoms with Crippen LogP contribution >= 0.6 is 0 Å². The summed E-state index contributed by atoms with van der Waals surface area (Å²) in [5.74, 6) is -0.256. The van der Waals surface area contributed by atoms with E-state index in [2.05, 4.69) is 29.2 Å². The second-order valence-corrected chi connectivity index (χ2v) is 4.52. The van der Waals surface area contributed by atoms with E-state index in [9.17, 15) is 4.79 Å². The van der Waals surface area contributed by atoms with Crippen LogP contribution in [0, 0.1) is 0 Å². The van der Waals surface area contributed by atoms with Gasteiger partial charge in [0.05, 0.1) is 0 Å². The van der Waals surface area contributed by atoms with Gasteiger partial charge in [0.1, 0.15) is 0 Å². The number of nitrogens with two attached hydrogens (primary N) is 1. The highest BCUT2D eigenvalue weighted by atomic mass is 16.1. The largest absolute Gasteiger partial charge is 0.370 e. The number of amides is 1. The van der Waals surface area contributed by atoms with Crippen molar-refractivity contribution in [2.24, 2.45) is 5.73 Å².